The number of nitrogens with one attached hydrogen (secondary N) is 1. The summed E-state index contributed by atoms with van der Waals surface area (Å²) in [5.41, 5.74) is 2.09. The summed E-state index contributed by atoms with van der Waals surface area (Å²) in [6.07, 6.45) is 0. The number of aromatic nitrogens is 1. The van der Waals surface area contributed by atoms with E-state index in [2.05, 4.69) is 15.5 Å². The maximum absolute atomic E-state index is 14.1. The molecule has 1 heterocycles. The molecule has 0 aliphatic heterocycles. The van der Waals surface area contributed by atoms with Gasteiger partial charge in [-0.25, -0.2) is 17.9 Å². The zero-order valence-electron chi connectivity index (χ0n) is 19.2. The summed E-state index contributed by atoms with van der Waals surface area (Å²) in [4.78, 5) is -0.0449. The molecule has 37 heavy (non-hydrogen) atoms. The first kappa shape index (κ1) is 24.5. The van der Waals surface area contributed by atoms with E-state index in [0.717, 1.165) is 16.3 Å². The number of primary sulfonamides is 1. The number of fused-ring (bicyclic) bond motifs is 2. The van der Waals surface area contributed by atoms with Gasteiger partial charge in [-0.3, -0.25) is 0 Å². The number of benzene rings is 4. The van der Waals surface area contributed by atoms with Gasteiger partial charge in [-0.05, 0) is 71.0 Å². The first-order valence-corrected chi connectivity index (χ1v) is 13.0. The highest BCUT2D eigenvalue weighted by molar-refractivity contribution is 7.89. The van der Waals surface area contributed by atoms with E-state index in [0.29, 0.717) is 23.1 Å². The second-order valence-electron chi connectivity index (χ2n) is 8.26. The summed E-state index contributed by atoms with van der Waals surface area (Å²) in [5, 5.41) is 29.5. The van der Waals surface area contributed by atoms with E-state index in [-0.39, 0.29) is 21.6 Å². The molecule has 0 fully saturated rings. The lowest BCUT2D eigenvalue weighted by Gasteiger charge is -2.10. The second-order valence-corrected chi connectivity index (χ2v) is 10.2. The predicted molar refractivity (Wildman–Crippen MR) is 145 cm³/mol. The molecule has 4 N–H and O–H groups in total. The number of nitrogens with zero attached hydrogens (tertiary/aromatic N) is 3. The van der Waals surface area contributed by atoms with Crippen molar-refractivity contribution in [3.05, 3.63) is 96.3 Å². The summed E-state index contributed by atoms with van der Waals surface area (Å²) in [6, 6.07) is 23.6. The third kappa shape index (κ3) is 5.05. The van der Waals surface area contributed by atoms with Gasteiger partial charge in [-0.15, -0.1) is 10.2 Å². The van der Waals surface area contributed by atoms with Crippen LogP contribution in [0.3, 0.4) is 0 Å². The molecule has 0 saturated carbocycles. The number of aromatic hydroxyl groups is 1. The highest BCUT2D eigenvalue weighted by Gasteiger charge is 2.18. The lowest BCUT2D eigenvalue weighted by atomic mass is 10.0. The molecule has 0 unspecified atom stereocenters. The average Bonchev–Trinajstić information content (AvgIpc) is 3.12. The predicted octanol–water partition coefficient (Wildman–Crippen LogP) is 5.82. The van der Waals surface area contributed by atoms with Crippen LogP contribution in [-0.2, 0) is 16.6 Å². The van der Waals surface area contributed by atoms with E-state index in [9.17, 15) is 17.9 Å². The standard InChI is InChI=1S/C26H20FN5O3S2/c27-18-8-13-23-22(14-18)24(30-31-26(36)29-19-9-11-20(12-10-19)37(28,34)35)25(33)32(23)15-17-6-3-5-16-4-1-2-7-21(16)17/h1-14,33H,15H2,(H,29,36)(H2,28,34,35). The van der Waals surface area contributed by atoms with Crippen LogP contribution in [-0.4, -0.2) is 23.2 Å². The molecule has 1 aromatic heterocycles. The van der Waals surface area contributed by atoms with Crippen molar-refractivity contribution >= 4 is 60.4 Å². The van der Waals surface area contributed by atoms with Crippen LogP contribution >= 0.6 is 12.2 Å². The molecule has 11 heteroatoms. The highest BCUT2D eigenvalue weighted by Crippen LogP contribution is 2.40. The summed E-state index contributed by atoms with van der Waals surface area (Å²) in [5.74, 6) is -0.667. The molecule has 0 bridgehead atoms. The molecule has 0 amide bonds. The number of hydrogen-bond donors (Lipinski definition) is 3. The summed E-state index contributed by atoms with van der Waals surface area (Å²) < 4.78 is 38.6. The quantitative estimate of drug-likeness (QED) is 0.194. The number of halogens is 1. The Bertz CT molecular complexity index is 1790. The van der Waals surface area contributed by atoms with Gasteiger partial charge in [0.1, 0.15) is 5.82 Å². The molecule has 5 rings (SSSR count). The molecule has 5 aromatic rings. The number of anilines is 1. The normalized spacial score (nSPS) is 11.9. The number of rotatable bonds is 5. The summed E-state index contributed by atoms with van der Waals surface area (Å²) in [6.45, 7) is 0.323. The van der Waals surface area contributed by atoms with Crippen LogP contribution in [0.15, 0.2) is 100 Å². The summed E-state index contributed by atoms with van der Waals surface area (Å²) in [7, 11) is -3.82. The SMILES string of the molecule is NS(=O)(=O)c1ccc(NC(=S)N=Nc2c(O)n(Cc3cccc4ccccc34)c3ccc(F)cc23)cc1. The fourth-order valence-electron chi connectivity index (χ4n) is 4.13. The molecular formula is C26H20FN5O3S2. The van der Waals surface area contributed by atoms with Crippen molar-refractivity contribution in [3.63, 3.8) is 0 Å². The van der Waals surface area contributed by atoms with Gasteiger partial charge in [0.05, 0.1) is 17.0 Å². The number of azo groups is 1. The molecular weight excluding hydrogens is 513 g/mol. The van der Waals surface area contributed by atoms with Crippen LogP contribution in [0.5, 0.6) is 5.88 Å². The third-order valence-electron chi connectivity index (χ3n) is 5.86. The molecule has 4 aromatic carbocycles. The van der Waals surface area contributed by atoms with Crippen molar-refractivity contribution in [2.75, 3.05) is 5.32 Å². The Balaban J connectivity index is 1.47. The van der Waals surface area contributed by atoms with E-state index in [1.54, 1.807) is 10.6 Å². The molecule has 0 spiro atoms. The number of sulfonamides is 1. The zero-order valence-corrected chi connectivity index (χ0v) is 20.8. The van der Waals surface area contributed by atoms with Gasteiger partial charge in [0.2, 0.25) is 21.0 Å². The van der Waals surface area contributed by atoms with Gasteiger partial charge in [0, 0.05) is 11.1 Å². The fourth-order valence-corrected chi connectivity index (χ4v) is 4.80. The van der Waals surface area contributed by atoms with Gasteiger partial charge in [0.25, 0.3) is 0 Å². The van der Waals surface area contributed by atoms with Crippen molar-refractivity contribution in [2.45, 2.75) is 11.4 Å². The minimum absolute atomic E-state index is 0.0449. The molecule has 0 aliphatic rings. The van der Waals surface area contributed by atoms with E-state index in [1.807, 2.05) is 42.5 Å². The minimum Gasteiger partial charge on any atom is -0.493 e. The Kier molecular flexibility index (Phi) is 6.42. The van der Waals surface area contributed by atoms with Crippen LogP contribution < -0.4 is 10.5 Å². The Morgan fingerprint density at radius 1 is 1.00 bits per heavy atom. The van der Waals surface area contributed by atoms with Gasteiger partial charge in [-0.2, -0.15) is 0 Å². The number of nitrogens with two attached hydrogens (primary N) is 1. The molecule has 0 atom stereocenters. The van der Waals surface area contributed by atoms with E-state index < -0.39 is 15.8 Å². The molecule has 8 nitrogen and oxygen atoms in total. The highest BCUT2D eigenvalue weighted by atomic mass is 32.2. The van der Waals surface area contributed by atoms with Gasteiger partial charge >= 0.3 is 0 Å². The van der Waals surface area contributed by atoms with Gasteiger partial charge in [-0.1, -0.05) is 42.5 Å². The van der Waals surface area contributed by atoms with Crippen molar-refractivity contribution < 1.29 is 17.9 Å². The Morgan fingerprint density at radius 2 is 1.73 bits per heavy atom. The monoisotopic (exact) mass is 533 g/mol. The second kappa shape index (κ2) is 9.69. The topological polar surface area (TPSA) is 122 Å². The molecule has 0 aliphatic carbocycles. The van der Waals surface area contributed by atoms with Crippen molar-refractivity contribution in [1.29, 1.82) is 0 Å². The third-order valence-corrected chi connectivity index (χ3v) is 6.97. The smallest absolute Gasteiger partial charge is 0.238 e. The van der Waals surface area contributed by atoms with Gasteiger partial charge in [0.15, 0.2) is 5.69 Å². The van der Waals surface area contributed by atoms with Crippen LogP contribution in [0.4, 0.5) is 15.8 Å². The first-order chi connectivity index (χ1) is 17.7. The van der Waals surface area contributed by atoms with Gasteiger partial charge < -0.3 is 15.0 Å². The Labute approximate surface area is 216 Å². The van der Waals surface area contributed by atoms with Crippen LogP contribution in [0.2, 0.25) is 0 Å². The average molecular weight is 534 g/mol. The molecule has 0 saturated heterocycles. The lowest BCUT2D eigenvalue weighted by molar-refractivity contribution is 0.430. The van der Waals surface area contributed by atoms with Crippen molar-refractivity contribution in [1.82, 2.24) is 4.57 Å². The van der Waals surface area contributed by atoms with E-state index in [1.165, 1.54) is 36.4 Å². The van der Waals surface area contributed by atoms with Crippen molar-refractivity contribution in [3.8, 4) is 5.88 Å². The largest absolute Gasteiger partial charge is 0.493 e. The van der Waals surface area contributed by atoms with E-state index in [4.69, 9.17) is 17.4 Å². The molecule has 0 radical (unpaired) electrons. The van der Waals surface area contributed by atoms with Crippen LogP contribution in [0.25, 0.3) is 21.7 Å². The van der Waals surface area contributed by atoms with Crippen LogP contribution in [0, 0.1) is 5.82 Å². The maximum Gasteiger partial charge on any atom is 0.238 e. The Hall–Kier alpha value is -4.19. The lowest BCUT2D eigenvalue weighted by Crippen LogP contribution is -2.12. The first-order valence-electron chi connectivity index (χ1n) is 11.0. The van der Waals surface area contributed by atoms with Crippen molar-refractivity contribution in [2.24, 2.45) is 15.4 Å². The van der Waals surface area contributed by atoms with E-state index >= 15 is 0 Å². The number of hydrogen-bond acceptors (Lipinski definition) is 5. The fraction of sp³-hybridized carbons (Fsp3) is 0.0385. The minimum atomic E-state index is -3.82. The maximum atomic E-state index is 14.1. The summed E-state index contributed by atoms with van der Waals surface area (Å²) >= 11 is 5.22. The molecule has 186 valence electrons. The zero-order chi connectivity index (χ0) is 26.2. The van der Waals surface area contributed by atoms with Crippen LogP contribution in [0.1, 0.15) is 5.56 Å². The number of thiocarbonyl (C=S) groups is 1. The Morgan fingerprint density at radius 3 is 2.49 bits per heavy atom.